The molecule has 0 aliphatic heterocycles. The fraction of sp³-hybridized carbons (Fsp3) is 0. The van der Waals surface area contributed by atoms with Crippen LogP contribution in [0.1, 0.15) is 20.7 Å². The zero-order chi connectivity index (χ0) is 10.0. The van der Waals surface area contributed by atoms with Crippen molar-refractivity contribution in [1.82, 2.24) is 0 Å². The Labute approximate surface area is 78.4 Å². The van der Waals surface area contributed by atoms with E-state index in [1.165, 1.54) is 6.07 Å². The van der Waals surface area contributed by atoms with Crippen molar-refractivity contribution in [2.75, 3.05) is 0 Å². The molecule has 0 spiro atoms. The summed E-state index contributed by atoms with van der Waals surface area (Å²) in [5.74, 6) is -1.91. The van der Waals surface area contributed by atoms with Gasteiger partial charge in [0.15, 0.2) is 6.29 Å². The van der Waals surface area contributed by atoms with Crippen molar-refractivity contribution in [2.45, 2.75) is 0 Å². The third-order valence-corrected chi connectivity index (χ3v) is 1.84. The largest absolute Gasteiger partial charge is 0.506 e. The lowest BCUT2D eigenvalue weighted by Crippen LogP contribution is -1.99. The monoisotopic (exact) mass is 200 g/mol. The van der Waals surface area contributed by atoms with Crippen molar-refractivity contribution in [3.63, 3.8) is 0 Å². The van der Waals surface area contributed by atoms with Gasteiger partial charge in [-0.05, 0) is 12.1 Å². The minimum absolute atomic E-state index is 0.0255. The van der Waals surface area contributed by atoms with E-state index in [-0.39, 0.29) is 16.1 Å². The minimum atomic E-state index is -1.31. The standard InChI is InChI=1S/C8H5ClO4/c9-6-2-1-4(8(12)13)7(11)5(6)3-10/h1-3,11H,(H,12,13). The summed E-state index contributed by atoms with van der Waals surface area (Å²) in [6, 6.07) is 2.38. The molecule has 0 saturated heterocycles. The van der Waals surface area contributed by atoms with E-state index in [0.717, 1.165) is 6.07 Å². The second kappa shape index (κ2) is 3.45. The molecule has 1 rings (SSSR count). The van der Waals surface area contributed by atoms with Gasteiger partial charge in [0.2, 0.25) is 0 Å². The van der Waals surface area contributed by atoms with E-state index in [1.807, 2.05) is 0 Å². The van der Waals surface area contributed by atoms with Gasteiger partial charge in [0.05, 0.1) is 10.6 Å². The van der Waals surface area contributed by atoms with Gasteiger partial charge in [0, 0.05) is 0 Å². The maximum atomic E-state index is 10.5. The fourth-order valence-electron chi connectivity index (χ4n) is 0.868. The number of carboxylic acid groups (broad SMARTS) is 1. The van der Waals surface area contributed by atoms with Gasteiger partial charge in [-0.1, -0.05) is 11.6 Å². The SMILES string of the molecule is O=Cc1c(Cl)ccc(C(=O)O)c1O. The molecule has 0 atom stereocenters. The maximum Gasteiger partial charge on any atom is 0.339 e. The molecule has 0 amide bonds. The van der Waals surface area contributed by atoms with Crippen molar-refractivity contribution in [1.29, 1.82) is 0 Å². The van der Waals surface area contributed by atoms with Gasteiger partial charge in [-0.15, -0.1) is 0 Å². The van der Waals surface area contributed by atoms with Crippen LogP contribution in [0.5, 0.6) is 5.75 Å². The summed E-state index contributed by atoms with van der Waals surface area (Å²) in [5.41, 5.74) is -0.548. The van der Waals surface area contributed by atoms with Crippen molar-refractivity contribution in [2.24, 2.45) is 0 Å². The molecule has 1 aromatic carbocycles. The third-order valence-electron chi connectivity index (χ3n) is 1.51. The van der Waals surface area contributed by atoms with Gasteiger partial charge in [-0.25, -0.2) is 4.79 Å². The van der Waals surface area contributed by atoms with Crippen LogP contribution in [-0.2, 0) is 0 Å². The maximum absolute atomic E-state index is 10.5. The Morgan fingerprint density at radius 3 is 2.54 bits per heavy atom. The summed E-state index contributed by atoms with van der Waals surface area (Å²) in [4.78, 5) is 20.9. The van der Waals surface area contributed by atoms with E-state index < -0.39 is 11.7 Å². The number of halogens is 1. The predicted octanol–water partition coefficient (Wildman–Crippen LogP) is 1.56. The quantitative estimate of drug-likeness (QED) is 0.711. The lowest BCUT2D eigenvalue weighted by molar-refractivity contribution is 0.0693. The molecule has 0 aromatic heterocycles. The molecule has 13 heavy (non-hydrogen) atoms. The first-order chi connectivity index (χ1) is 6.07. The number of carbonyl (C=O) groups excluding carboxylic acids is 1. The van der Waals surface area contributed by atoms with Crippen LogP contribution in [0.3, 0.4) is 0 Å². The molecule has 1 aromatic rings. The topological polar surface area (TPSA) is 74.6 Å². The fourth-order valence-corrected chi connectivity index (χ4v) is 1.07. The molecule has 0 aliphatic carbocycles. The molecule has 0 radical (unpaired) electrons. The molecule has 2 N–H and O–H groups in total. The van der Waals surface area contributed by atoms with Crippen LogP contribution in [0.2, 0.25) is 5.02 Å². The zero-order valence-electron chi connectivity index (χ0n) is 6.32. The van der Waals surface area contributed by atoms with E-state index >= 15 is 0 Å². The van der Waals surface area contributed by atoms with Crippen molar-refractivity contribution < 1.29 is 19.8 Å². The van der Waals surface area contributed by atoms with Crippen LogP contribution < -0.4 is 0 Å². The summed E-state index contributed by atoms with van der Waals surface area (Å²) in [7, 11) is 0. The van der Waals surface area contributed by atoms with E-state index in [9.17, 15) is 14.7 Å². The Morgan fingerprint density at radius 1 is 1.46 bits per heavy atom. The van der Waals surface area contributed by atoms with Crippen molar-refractivity contribution in [3.8, 4) is 5.75 Å². The third kappa shape index (κ3) is 1.62. The summed E-state index contributed by atoms with van der Waals surface area (Å²) in [5, 5.41) is 17.8. The number of aromatic carboxylic acids is 1. The van der Waals surface area contributed by atoms with Crippen molar-refractivity contribution >= 4 is 23.9 Å². The van der Waals surface area contributed by atoms with Crippen LogP contribution >= 0.6 is 11.6 Å². The highest BCUT2D eigenvalue weighted by atomic mass is 35.5. The molecule has 4 nitrogen and oxygen atoms in total. The number of hydrogen-bond acceptors (Lipinski definition) is 3. The molecule has 0 bridgehead atoms. The number of hydrogen-bond donors (Lipinski definition) is 2. The average molecular weight is 201 g/mol. The number of phenols is 1. The predicted molar refractivity (Wildman–Crippen MR) is 45.5 cm³/mol. The molecule has 5 heteroatoms. The van der Waals surface area contributed by atoms with Crippen molar-refractivity contribution in [3.05, 3.63) is 28.3 Å². The minimum Gasteiger partial charge on any atom is -0.506 e. The molecule has 0 unspecified atom stereocenters. The van der Waals surface area contributed by atoms with Gasteiger partial charge in [-0.3, -0.25) is 4.79 Å². The molecule has 0 aliphatic rings. The van der Waals surface area contributed by atoms with Crippen LogP contribution in [0.15, 0.2) is 12.1 Å². The van der Waals surface area contributed by atoms with E-state index in [1.54, 1.807) is 0 Å². The van der Waals surface area contributed by atoms with E-state index in [0.29, 0.717) is 6.29 Å². The van der Waals surface area contributed by atoms with Gasteiger partial charge in [-0.2, -0.15) is 0 Å². The molecule has 68 valence electrons. The summed E-state index contributed by atoms with van der Waals surface area (Å²) in [6.07, 6.45) is 0.310. The average Bonchev–Trinajstić information content (AvgIpc) is 2.04. The van der Waals surface area contributed by atoms with Gasteiger partial charge < -0.3 is 10.2 Å². The number of aldehydes is 1. The lowest BCUT2D eigenvalue weighted by Gasteiger charge is -2.02. The second-order valence-electron chi connectivity index (χ2n) is 2.28. The molecule has 0 fully saturated rings. The first kappa shape index (κ1) is 9.54. The summed E-state index contributed by atoms with van der Waals surface area (Å²) >= 11 is 5.52. The highest BCUT2D eigenvalue weighted by Gasteiger charge is 2.15. The Kier molecular flexibility index (Phi) is 2.53. The van der Waals surface area contributed by atoms with Crippen LogP contribution in [-0.4, -0.2) is 22.5 Å². The van der Waals surface area contributed by atoms with Crippen LogP contribution in [0.4, 0.5) is 0 Å². The normalized spacial score (nSPS) is 9.62. The zero-order valence-corrected chi connectivity index (χ0v) is 7.08. The first-order valence-electron chi connectivity index (χ1n) is 3.28. The number of aromatic hydroxyl groups is 1. The number of benzene rings is 1. The highest BCUT2D eigenvalue weighted by molar-refractivity contribution is 6.33. The lowest BCUT2D eigenvalue weighted by atomic mass is 10.1. The number of rotatable bonds is 2. The Balaban J connectivity index is 3.44. The van der Waals surface area contributed by atoms with Crippen LogP contribution in [0, 0.1) is 0 Å². The second-order valence-corrected chi connectivity index (χ2v) is 2.69. The Morgan fingerprint density at radius 2 is 2.08 bits per heavy atom. The summed E-state index contributed by atoms with van der Waals surface area (Å²) < 4.78 is 0. The van der Waals surface area contributed by atoms with Crippen LogP contribution in [0.25, 0.3) is 0 Å². The Bertz CT molecular complexity index is 373. The highest BCUT2D eigenvalue weighted by Crippen LogP contribution is 2.27. The van der Waals surface area contributed by atoms with Gasteiger partial charge >= 0.3 is 5.97 Å². The first-order valence-corrected chi connectivity index (χ1v) is 3.65. The molecular formula is C8H5ClO4. The number of carboxylic acids is 1. The summed E-state index contributed by atoms with van der Waals surface area (Å²) in [6.45, 7) is 0. The molecular weight excluding hydrogens is 196 g/mol. The smallest absolute Gasteiger partial charge is 0.339 e. The van der Waals surface area contributed by atoms with E-state index in [2.05, 4.69) is 0 Å². The van der Waals surface area contributed by atoms with Gasteiger partial charge in [0.25, 0.3) is 0 Å². The molecule has 0 saturated carbocycles. The van der Waals surface area contributed by atoms with E-state index in [4.69, 9.17) is 16.7 Å². The Hall–Kier alpha value is -1.55. The molecule has 0 heterocycles. The number of carbonyl (C=O) groups is 2. The van der Waals surface area contributed by atoms with Gasteiger partial charge in [0.1, 0.15) is 11.3 Å².